The topological polar surface area (TPSA) is 125 Å². The Bertz CT molecular complexity index is 627. The summed E-state index contributed by atoms with van der Waals surface area (Å²) in [6.07, 6.45) is 3.34. The van der Waals surface area contributed by atoms with E-state index in [-0.39, 0.29) is 50.6 Å². The van der Waals surface area contributed by atoms with Crippen LogP contribution in [0.3, 0.4) is 0 Å². The minimum absolute atomic E-state index is 0.0185. The number of hydrogen-bond donors (Lipinski definition) is 2. The van der Waals surface area contributed by atoms with E-state index in [1.807, 2.05) is 0 Å². The van der Waals surface area contributed by atoms with Crippen LogP contribution < -0.4 is 10.6 Å². The fourth-order valence-corrected chi connectivity index (χ4v) is 3.52. The number of piperidine rings is 1. The smallest absolute Gasteiger partial charge is 0.334 e. The van der Waals surface area contributed by atoms with Crippen LogP contribution in [0.5, 0.6) is 0 Å². The number of nitrogens with zero attached hydrogens (tertiary/aromatic N) is 2. The van der Waals surface area contributed by atoms with Crippen molar-refractivity contribution in [3.05, 3.63) is 0 Å². The van der Waals surface area contributed by atoms with Crippen LogP contribution in [0.25, 0.3) is 0 Å². The Kier molecular flexibility index (Phi) is 8.56. The minimum atomic E-state index is -0.771. The lowest BCUT2D eigenvalue weighted by molar-refractivity contribution is -0.197. The number of amides is 4. The third kappa shape index (κ3) is 7.12. The van der Waals surface area contributed by atoms with Gasteiger partial charge in [0.2, 0.25) is 11.8 Å². The summed E-state index contributed by atoms with van der Waals surface area (Å²) in [4.78, 5) is 65.1. The maximum Gasteiger partial charge on any atom is 0.334 e. The average Bonchev–Trinajstić information content (AvgIpc) is 2.97. The van der Waals surface area contributed by atoms with Crippen LogP contribution in [0.4, 0.5) is 0 Å². The van der Waals surface area contributed by atoms with Crippen LogP contribution in [0.1, 0.15) is 58.8 Å². The zero-order valence-corrected chi connectivity index (χ0v) is 17.1. The molecule has 0 aromatic heterocycles. The SMILES string of the molecule is CC1CCCC(C)N1C[13C](=O)[15NH]CCC(=O)[15NH]CCC(=O)ON1C(=O)CCC1=O. The first kappa shape index (κ1) is 22.8. The first-order chi connectivity index (χ1) is 13.8. The molecule has 29 heavy (non-hydrogen) atoms. The average molecular weight is 413 g/mol. The van der Waals surface area contributed by atoms with Crippen molar-refractivity contribution in [1.82, 2.24) is 20.6 Å². The maximum absolute atomic E-state index is 12.1. The summed E-state index contributed by atoms with van der Waals surface area (Å²) in [7, 11) is 0. The molecule has 4 amide bonds. The summed E-state index contributed by atoms with van der Waals surface area (Å²) in [5.74, 6) is -2.28. The lowest BCUT2D eigenvalue weighted by Gasteiger charge is -2.38. The van der Waals surface area contributed by atoms with Gasteiger partial charge < -0.3 is 15.5 Å². The molecule has 10 nitrogen and oxygen atoms in total. The molecule has 2 atom stereocenters. The molecule has 2 heterocycles. The Balaban J connectivity index is 1.56. The van der Waals surface area contributed by atoms with Crippen LogP contribution in [-0.2, 0) is 28.8 Å². The Hall–Kier alpha value is -2.49. The Morgan fingerprint density at radius 2 is 1.48 bits per heavy atom. The zero-order chi connectivity index (χ0) is 21.4. The van der Waals surface area contributed by atoms with Crippen molar-refractivity contribution < 1.29 is 28.8 Å². The third-order valence-corrected chi connectivity index (χ3v) is 5.23. The van der Waals surface area contributed by atoms with Gasteiger partial charge in [-0.25, -0.2) is 4.79 Å². The van der Waals surface area contributed by atoms with E-state index in [2.05, 4.69) is 29.4 Å². The van der Waals surface area contributed by atoms with E-state index in [9.17, 15) is 24.0 Å². The van der Waals surface area contributed by atoms with Crippen molar-refractivity contribution in [2.24, 2.45) is 0 Å². The van der Waals surface area contributed by atoms with Crippen molar-refractivity contribution >= 4 is 29.6 Å². The molecule has 0 aliphatic carbocycles. The Morgan fingerprint density at radius 3 is 2.10 bits per heavy atom. The van der Waals surface area contributed by atoms with Gasteiger partial charge in [-0.1, -0.05) is 6.42 Å². The largest absolute Gasteiger partial charge is 0.355 e. The molecule has 2 N–H and O–H groups in total. The fraction of sp³-hybridized carbons (Fsp3) is 0.737. The summed E-state index contributed by atoms with van der Waals surface area (Å²) in [5, 5.41) is 5.76. The van der Waals surface area contributed by atoms with Crippen molar-refractivity contribution in [3.63, 3.8) is 0 Å². The first-order valence-electron chi connectivity index (χ1n) is 10.1. The Labute approximate surface area is 170 Å². The van der Waals surface area contributed by atoms with Crippen molar-refractivity contribution in [2.45, 2.75) is 70.9 Å². The maximum atomic E-state index is 12.1. The standard InChI is InChI=1S/C19H30N4O6/c1-13-4-3-5-14(2)22(13)12-16(25)21-10-8-15(24)20-11-9-19(28)29-23-17(26)6-7-18(23)27/h13-14H,3-12H2,1-2H3,(H,20,24)(H,21,25)/i16+1,20+1,21+1. The van der Waals surface area contributed by atoms with E-state index in [0.29, 0.717) is 23.7 Å². The van der Waals surface area contributed by atoms with Crippen molar-refractivity contribution in [3.8, 4) is 0 Å². The molecule has 0 spiro atoms. The summed E-state index contributed by atoms with van der Waals surface area (Å²) in [5.41, 5.74) is 0. The van der Waals surface area contributed by atoms with Crippen LogP contribution in [0.15, 0.2) is 0 Å². The lowest BCUT2D eigenvalue weighted by atomic mass is 9.98. The molecule has 162 valence electrons. The van der Waals surface area contributed by atoms with Gasteiger partial charge in [0.15, 0.2) is 0 Å². The lowest BCUT2D eigenvalue weighted by Crippen LogP contribution is -2.49. The van der Waals surface area contributed by atoms with Crippen LogP contribution in [0.2, 0.25) is 0 Å². The molecule has 0 bridgehead atoms. The van der Waals surface area contributed by atoms with Gasteiger partial charge in [-0.15, -0.1) is 5.06 Å². The second-order valence-electron chi connectivity index (χ2n) is 7.55. The molecule has 0 saturated carbocycles. The molecule has 2 aliphatic heterocycles. The molecule has 2 fully saturated rings. The number of carbonyl (C=O) groups is 5. The molecular weight excluding hydrogens is 383 g/mol. The molecule has 0 aromatic rings. The molecule has 0 aromatic carbocycles. The second kappa shape index (κ2) is 10.9. The monoisotopic (exact) mass is 413 g/mol. The van der Waals surface area contributed by atoms with Crippen LogP contribution >= 0.6 is 0 Å². The fourth-order valence-electron chi connectivity index (χ4n) is 3.52. The van der Waals surface area contributed by atoms with E-state index in [0.717, 1.165) is 12.8 Å². The van der Waals surface area contributed by atoms with E-state index < -0.39 is 17.8 Å². The van der Waals surface area contributed by atoms with Crippen LogP contribution in [-0.4, -0.2) is 71.3 Å². The summed E-state index contributed by atoms with van der Waals surface area (Å²) in [6, 6.07) is 0.748. The van der Waals surface area contributed by atoms with Gasteiger partial charge in [-0.2, -0.15) is 0 Å². The predicted molar refractivity (Wildman–Crippen MR) is 102 cm³/mol. The quantitative estimate of drug-likeness (QED) is 0.306. The normalized spacial score (nSPS) is 22.5. The number of likely N-dealkylation sites (tertiary alicyclic amines) is 1. The van der Waals surface area contributed by atoms with Gasteiger partial charge in [-0.05, 0) is 26.7 Å². The summed E-state index contributed by atoms with van der Waals surface area (Å²) >= 11 is 0. The molecule has 10 heteroatoms. The number of rotatable bonds is 9. The van der Waals surface area contributed by atoms with Gasteiger partial charge in [0.05, 0.1) is 13.0 Å². The number of hydroxylamine groups is 2. The third-order valence-electron chi connectivity index (χ3n) is 5.23. The Morgan fingerprint density at radius 1 is 0.931 bits per heavy atom. The predicted octanol–water partition coefficient (Wildman–Crippen LogP) is -0.131. The second-order valence-corrected chi connectivity index (χ2v) is 7.55. The molecule has 0 radical (unpaired) electrons. The van der Waals surface area contributed by atoms with Gasteiger partial charge in [-0.3, -0.25) is 24.1 Å². The zero-order valence-electron chi connectivity index (χ0n) is 17.1. The van der Waals surface area contributed by atoms with Gasteiger partial charge in [0.25, 0.3) is 11.8 Å². The molecule has 2 unspecified atom stereocenters. The highest BCUT2D eigenvalue weighted by molar-refractivity contribution is 6.01. The van der Waals surface area contributed by atoms with E-state index >= 15 is 0 Å². The number of nitrogens with one attached hydrogen (secondary N) is 2. The summed E-state index contributed by atoms with van der Waals surface area (Å²) < 4.78 is 0. The number of imide groups is 1. The number of hydrogen-bond acceptors (Lipinski definition) is 7. The molecule has 2 rings (SSSR count). The van der Waals surface area contributed by atoms with Crippen molar-refractivity contribution in [1.29, 1.82) is 0 Å². The molecule has 2 aliphatic rings. The van der Waals surface area contributed by atoms with Gasteiger partial charge in [0.1, 0.15) is 0 Å². The first-order valence-corrected chi connectivity index (χ1v) is 10.1. The van der Waals surface area contributed by atoms with E-state index in [4.69, 9.17) is 4.84 Å². The minimum Gasteiger partial charge on any atom is -0.355 e. The highest BCUT2D eigenvalue weighted by Crippen LogP contribution is 2.21. The molecule has 2 saturated heterocycles. The van der Waals surface area contributed by atoms with E-state index in [1.54, 1.807) is 0 Å². The number of carbonyl (C=O) groups excluding carboxylic acids is 5. The van der Waals surface area contributed by atoms with Crippen LogP contribution in [0, 0.1) is 0 Å². The summed E-state index contributed by atoms with van der Waals surface area (Å²) in [6.45, 7) is 4.80. The van der Waals surface area contributed by atoms with Gasteiger partial charge in [0, 0.05) is 44.4 Å². The van der Waals surface area contributed by atoms with Crippen molar-refractivity contribution in [2.75, 3.05) is 19.6 Å². The molecular formula is C19H30N4O6. The highest BCUT2D eigenvalue weighted by Gasteiger charge is 2.32. The van der Waals surface area contributed by atoms with E-state index in [1.165, 1.54) is 6.42 Å². The highest BCUT2D eigenvalue weighted by atomic mass is 16.7. The van der Waals surface area contributed by atoms with Gasteiger partial charge >= 0.3 is 5.97 Å².